The Balaban J connectivity index is 1.40. The number of amides is 1. The van der Waals surface area contributed by atoms with Crippen molar-refractivity contribution in [3.8, 4) is 0 Å². The van der Waals surface area contributed by atoms with E-state index in [0.717, 1.165) is 50.4 Å². The van der Waals surface area contributed by atoms with Gasteiger partial charge in [0.25, 0.3) is 0 Å². The van der Waals surface area contributed by atoms with Crippen LogP contribution in [0.15, 0.2) is 24.1 Å². The van der Waals surface area contributed by atoms with E-state index in [0.29, 0.717) is 6.04 Å². The lowest BCUT2D eigenvalue weighted by Crippen LogP contribution is -2.48. The molecule has 2 aliphatic rings. The summed E-state index contributed by atoms with van der Waals surface area (Å²) in [7, 11) is 0. The molecular weight excluding hydrogens is 322 g/mol. The lowest BCUT2D eigenvalue weighted by Gasteiger charge is -2.36. The van der Waals surface area contributed by atoms with Crippen molar-refractivity contribution in [2.75, 3.05) is 24.5 Å². The van der Waals surface area contributed by atoms with Crippen LogP contribution in [0.3, 0.4) is 0 Å². The van der Waals surface area contributed by atoms with E-state index in [1.807, 2.05) is 24.1 Å². The standard InChI is InChI=1S/C17H23N5OS/c1-13-11-18-12-22(13)14-4-8-20(9-5-14)16(23)15-3-2-7-21(15)17-19-6-10-24-17/h6,10-12,14-15H,2-5,7-9H2,1H3/t15-/m1/s1. The van der Waals surface area contributed by atoms with Crippen molar-refractivity contribution in [3.05, 3.63) is 29.8 Å². The maximum absolute atomic E-state index is 13.0. The minimum Gasteiger partial charge on any atom is -0.341 e. The van der Waals surface area contributed by atoms with Crippen molar-refractivity contribution >= 4 is 22.4 Å². The van der Waals surface area contributed by atoms with Gasteiger partial charge in [-0.1, -0.05) is 0 Å². The molecule has 0 aliphatic carbocycles. The zero-order chi connectivity index (χ0) is 16.5. The highest BCUT2D eigenvalue weighted by atomic mass is 32.1. The van der Waals surface area contributed by atoms with Crippen LogP contribution in [0.25, 0.3) is 0 Å². The SMILES string of the molecule is Cc1cncn1C1CCN(C(=O)[C@H]2CCCN2c2nccs2)CC1. The number of carbonyl (C=O) groups excluding carboxylic acids is 1. The van der Waals surface area contributed by atoms with Crippen molar-refractivity contribution < 1.29 is 4.79 Å². The molecule has 2 aromatic heterocycles. The number of hydrogen-bond acceptors (Lipinski definition) is 5. The quantitative estimate of drug-likeness (QED) is 0.858. The van der Waals surface area contributed by atoms with Crippen LogP contribution in [0.4, 0.5) is 5.13 Å². The summed E-state index contributed by atoms with van der Waals surface area (Å²) in [5, 5.41) is 2.96. The monoisotopic (exact) mass is 345 g/mol. The van der Waals surface area contributed by atoms with E-state index in [2.05, 4.69) is 31.3 Å². The molecule has 6 nitrogen and oxygen atoms in total. The van der Waals surface area contributed by atoms with Crippen molar-refractivity contribution in [3.63, 3.8) is 0 Å². The Hall–Kier alpha value is -1.89. The van der Waals surface area contributed by atoms with Crippen LogP contribution in [-0.2, 0) is 4.79 Å². The van der Waals surface area contributed by atoms with E-state index in [-0.39, 0.29) is 11.9 Å². The van der Waals surface area contributed by atoms with Gasteiger partial charge >= 0.3 is 0 Å². The van der Waals surface area contributed by atoms with Gasteiger partial charge < -0.3 is 14.4 Å². The van der Waals surface area contributed by atoms with Crippen LogP contribution < -0.4 is 4.90 Å². The highest BCUT2D eigenvalue weighted by Gasteiger charge is 2.36. The zero-order valence-corrected chi connectivity index (χ0v) is 14.8. The van der Waals surface area contributed by atoms with Gasteiger partial charge in [-0.25, -0.2) is 9.97 Å². The second kappa shape index (κ2) is 6.55. The first-order valence-corrected chi connectivity index (χ1v) is 9.55. The summed E-state index contributed by atoms with van der Waals surface area (Å²) in [6.07, 6.45) is 9.67. The highest BCUT2D eigenvalue weighted by Crippen LogP contribution is 2.30. The van der Waals surface area contributed by atoms with Gasteiger partial charge in [-0.15, -0.1) is 11.3 Å². The first-order chi connectivity index (χ1) is 11.7. The topological polar surface area (TPSA) is 54.3 Å². The molecular formula is C17H23N5OS. The molecule has 0 saturated carbocycles. The average Bonchev–Trinajstić information content (AvgIpc) is 3.35. The van der Waals surface area contributed by atoms with Crippen molar-refractivity contribution in [2.24, 2.45) is 0 Å². The number of likely N-dealkylation sites (tertiary alicyclic amines) is 1. The first kappa shape index (κ1) is 15.6. The Morgan fingerprint density at radius 2 is 2.08 bits per heavy atom. The molecule has 0 bridgehead atoms. The number of hydrogen-bond donors (Lipinski definition) is 0. The lowest BCUT2D eigenvalue weighted by molar-refractivity contribution is -0.133. The molecule has 1 atom stereocenters. The fraction of sp³-hybridized carbons (Fsp3) is 0.588. The van der Waals surface area contributed by atoms with Gasteiger partial charge in [0.2, 0.25) is 5.91 Å². The first-order valence-electron chi connectivity index (χ1n) is 8.67. The van der Waals surface area contributed by atoms with Gasteiger partial charge in [0.05, 0.1) is 6.33 Å². The van der Waals surface area contributed by atoms with Crippen LogP contribution in [0, 0.1) is 6.92 Å². The van der Waals surface area contributed by atoms with E-state index >= 15 is 0 Å². The fourth-order valence-corrected chi connectivity index (χ4v) is 4.66. The molecule has 2 aliphatic heterocycles. The number of rotatable bonds is 3. The molecule has 2 aromatic rings. The largest absolute Gasteiger partial charge is 0.341 e. The molecule has 0 N–H and O–H groups in total. The highest BCUT2D eigenvalue weighted by molar-refractivity contribution is 7.13. The molecule has 128 valence electrons. The van der Waals surface area contributed by atoms with Crippen molar-refractivity contribution in [1.29, 1.82) is 0 Å². The molecule has 4 heterocycles. The number of carbonyl (C=O) groups is 1. The second-order valence-electron chi connectivity index (χ2n) is 6.66. The van der Waals surface area contributed by atoms with Crippen molar-refractivity contribution in [1.82, 2.24) is 19.4 Å². The van der Waals surface area contributed by atoms with Crippen LogP contribution >= 0.6 is 11.3 Å². The maximum atomic E-state index is 13.0. The van der Waals surface area contributed by atoms with E-state index in [9.17, 15) is 4.79 Å². The summed E-state index contributed by atoms with van der Waals surface area (Å²) >= 11 is 1.62. The van der Waals surface area contributed by atoms with E-state index < -0.39 is 0 Å². The van der Waals surface area contributed by atoms with Crippen molar-refractivity contribution in [2.45, 2.75) is 44.7 Å². The summed E-state index contributed by atoms with van der Waals surface area (Å²) in [5.74, 6) is 0.281. The molecule has 1 amide bonds. The molecule has 0 aromatic carbocycles. The van der Waals surface area contributed by atoms with Crippen LogP contribution in [0.1, 0.15) is 37.4 Å². The van der Waals surface area contributed by atoms with E-state index in [4.69, 9.17) is 0 Å². The Morgan fingerprint density at radius 3 is 2.75 bits per heavy atom. The molecule has 24 heavy (non-hydrogen) atoms. The zero-order valence-electron chi connectivity index (χ0n) is 14.0. The number of thiazole rings is 1. The molecule has 4 rings (SSSR count). The minimum atomic E-state index is -0.0253. The van der Waals surface area contributed by atoms with Gasteiger partial charge in [0, 0.05) is 49.1 Å². The van der Waals surface area contributed by atoms with Crippen LogP contribution in [0.5, 0.6) is 0 Å². The fourth-order valence-electron chi connectivity index (χ4n) is 3.94. The number of piperidine rings is 1. The summed E-state index contributed by atoms with van der Waals surface area (Å²) in [6.45, 7) is 4.70. The summed E-state index contributed by atoms with van der Waals surface area (Å²) < 4.78 is 2.25. The van der Waals surface area contributed by atoms with Gasteiger partial charge in [0.15, 0.2) is 5.13 Å². The molecule has 0 spiro atoms. The third-order valence-electron chi connectivity index (χ3n) is 5.23. The predicted molar refractivity (Wildman–Crippen MR) is 94.3 cm³/mol. The maximum Gasteiger partial charge on any atom is 0.245 e. The van der Waals surface area contributed by atoms with E-state index in [1.54, 1.807) is 11.3 Å². The Bertz CT molecular complexity index is 690. The average molecular weight is 345 g/mol. The normalized spacial score (nSPS) is 22.3. The molecule has 0 radical (unpaired) electrons. The Morgan fingerprint density at radius 1 is 1.25 bits per heavy atom. The van der Waals surface area contributed by atoms with Crippen LogP contribution in [0.2, 0.25) is 0 Å². The summed E-state index contributed by atoms with van der Waals surface area (Å²) in [6, 6.07) is 0.442. The number of imidazole rings is 1. The Labute approximate surface area is 146 Å². The molecule has 2 fully saturated rings. The second-order valence-corrected chi connectivity index (χ2v) is 7.54. The molecule has 0 unspecified atom stereocenters. The minimum absolute atomic E-state index is 0.0253. The van der Waals surface area contributed by atoms with E-state index in [1.165, 1.54) is 5.69 Å². The van der Waals surface area contributed by atoms with Gasteiger partial charge in [-0.05, 0) is 32.6 Å². The predicted octanol–water partition coefficient (Wildman–Crippen LogP) is 2.48. The lowest BCUT2D eigenvalue weighted by atomic mass is 10.0. The van der Waals surface area contributed by atoms with Crippen LogP contribution in [-0.4, -0.2) is 51.0 Å². The van der Waals surface area contributed by atoms with Gasteiger partial charge in [0.1, 0.15) is 6.04 Å². The third kappa shape index (κ3) is 2.81. The number of nitrogens with zero attached hydrogens (tertiary/aromatic N) is 5. The molecule has 2 saturated heterocycles. The number of aryl methyl sites for hydroxylation is 1. The Kier molecular flexibility index (Phi) is 4.26. The number of anilines is 1. The molecule has 7 heteroatoms. The third-order valence-corrected chi connectivity index (χ3v) is 6.04. The summed E-state index contributed by atoms with van der Waals surface area (Å²) in [4.78, 5) is 25.9. The number of aromatic nitrogens is 3. The smallest absolute Gasteiger partial charge is 0.245 e. The summed E-state index contributed by atoms with van der Waals surface area (Å²) in [5.41, 5.74) is 1.20. The van der Waals surface area contributed by atoms with Gasteiger partial charge in [-0.3, -0.25) is 4.79 Å². The van der Waals surface area contributed by atoms with Gasteiger partial charge in [-0.2, -0.15) is 0 Å².